The number of halogens is 1. The summed E-state index contributed by atoms with van der Waals surface area (Å²) in [6.07, 6.45) is 0.735. The molecule has 0 N–H and O–H groups in total. The normalized spacial score (nSPS) is 10.6. The highest BCUT2D eigenvalue weighted by molar-refractivity contribution is 5.81. The van der Waals surface area contributed by atoms with Crippen molar-refractivity contribution >= 4 is 5.78 Å². The standard InChI is InChI=1S/C12H15FO/c1-9(2)7-11(14)8-10-5-3-4-6-12(10)13/h3-6,9H,7-8H2,1-2H3. The molecule has 1 rings (SSSR count). The number of rotatable bonds is 4. The van der Waals surface area contributed by atoms with Crippen LogP contribution >= 0.6 is 0 Å². The first-order valence-electron chi connectivity index (χ1n) is 4.84. The number of hydrogen-bond donors (Lipinski definition) is 0. The maximum atomic E-state index is 13.1. The number of Topliss-reactive ketones (excluding diaryl/α,β-unsaturated/α-hetero) is 1. The van der Waals surface area contributed by atoms with Crippen LogP contribution < -0.4 is 0 Å². The van der Waals surface area contributed by atoms with Crippen molar-refractivity contribution in [3.05, 3.63) is 35.6 Å². The third-order valence-electron chi connectivity index (χ3n) is 1.98. The van der Waals surface area contributed by atoms with Gasteiger partial charge < -0.3 is 0 Å². The molecular formula is C12H15FO. The molecule has 0 aromatic heterocycles. The zero-order valence-corrected chi connectivity index (χ0v) is 8.59. The fourth-order valence-corrected chi connectivity index (χ4v) is 1.38. The number of benzene rings is 1. The molecule has 1 aromatic rings. The van der Waals surface area contributed by atoms with Crippen LogP contribution in [0.2, 0.25) is 0 Å². The Labute approximate surface area is 83.9 Å². The molecule has 0 aliphatic rings. The van der Waals surface area contributed by atoms with E-state index >= 15 is 0 Å². The number of hydrogen-bond acceptors (Lipinski definition) is 1. The summed E-state index contributed by atoms with van der Waals surface area (Å²) >= 11 is 0. The van der Waals surface area contributed by atoms with Crippen molar-refractivity contribution in [3.63, 3.8) is 0 Å². The Bertz CT molecular complexity index is 318. The van der Waals surface area contributed by atoms with Gasteiger partial charge in [0.2, 0.25) is 0 Å². The van der Waals surface area contributed by atoms with Crippen LogP contribution in [0.15, 0.2) is 24.3 Å². The third-order valence-corrected chi connectivity index (χ3v) is 1.98. The summed E-state index contributed by atoms with van der Waals surface area (Å²) in [7, 11) is 0. The van der Waals surface area contributed by atoms with E-state index in [1.165, 1.54) is 6.07 Å². The van der Waals surface area contributed by atoms with E-state index in [1.54, 1.807) is 18.2 Å². The van der Waals surface area contributed by atoms with Crippen molar-refractivity contribution in [1.82, 2.24) is 0 Å². The summed E-state index contributed by atoms with van der Waals surface area (Å²) in [6.45, 7) is 3.97. The fourth-order valence-electron chi connectivity index (χ4n) is 1.38. The lowest BCUT2D eigenvalue weighted by Gasteiger charge is -2.04. The summed E-state index contributed by atoms with van der Waals surface area (Å²) in [6, 6.07) is 6.43. The minimum Gasteiger partial charge on any atom is -0.299 e. The van der Waals surface area contributed by atoms with Gasteiger partial charge in [0.1, 0.15) is 11.6 Å². The van der Waals surface area contributed by atoms with Crippen LogP contribution in [-0.4, -0.2) is 5.78 Å². The molecule has 0 unspecified atom stereocenters. The quantitative estimate of drug-likeness (QED) is 0.720. The van der Waals surface area contributed by atoms with Gasteiger partial charge in [-0.1, -0.05) is 32.0 Å². The summed E-state index contributed by atoms with van der Waals surface area (Å²) in [5.74, 6) is 0.156. The minimum absolute atomic E-state index is 0.102. The number of carbonyl (C=O) groups excluding carboxylic acids is 1. The molecule has 14 heavy (non-hydrogen) atoms. The second kappa shape index (κ2) is 4.89. The summed E-state index contributed by atoms with van der Waals surface area (Å²) in [5, 5.41) is 0. The average molecular weight is 194 g/mol. The molecule has 0 radical (unpaired) electrons. The van der Waals surface area contributed by atoms with Crippen molar-refractivity contribution < 1.29 is 9.18 Å². The van der Waals surface area contributed by atoms with E-state index in [2.05, 4.69) is 0 Å². The first kappa shape index (κ1) is 10.9. The van der Waals surface area contributed by atoms with Gasteiger partial charge in [0, 0.05) is 12.8 Å². The van der Waals surface area contributed by atoms with E-state index in [9.17, 15) is 9.18 Å². The Morgan fingerprint density at radius 3 is 2.57 bits per heavy atom. The molecule has 0 aliphatic heterocycles. The van der Waals surface area contributed by atoms with Crippen LogP contribution in [0.4, 0.5) is 4.39 Å². The van der Waals surface area contributed by atoms with Gasteiger partial charge in [0.05, 0.1) is 0 Å². The molecule has 1 nitrogen and oxygen atoms in total. The maximum Gasteiger partial charge on any atom is 0.137 e. The van der Waals surface area contributed by atoms with Crippen molar-refractivity contribution in [2.24, 2.45) is 5.92 Å². The Balaban J connectivity index is 2.61. The van der Waals surface area contributed by atoms with E-state index in [1.807, 2.05) is 13.8 Å². The van der Waals surface area contributed by atoms with Crippen LogP contribution in [-0.2, 0) is 11.2 Å². The summed E-state index contributed by atoms with van der Waals surface area (Å²) in [4.78, 5) is 11.4. The molecule has 0 atom stereocenters. The molecule has 0 saturated carbocycles. The first-order valence-corrected chi connectivity index (χ1v) is 4.84. The fraction of sp³-hybridized carbons (Fsp3) is 0.417. The lowest BCUT2D eigenvalue weighted by atomic mass is 10.0. The number of carbonyl (C=O) groups is 1. The van der Waals surface area contributed by atoms with Crippen molar-refractivity contribution in [2.45, 2.75) is 26.7 Å². The zero-order valence-electron chi connectivity index (χ0n) is 8.59. The maximum absolute atomic E-state index is 13.1. The van der Waals surface area contributed by atoms with Crippen LogP contribution in [0.1, 0.15) is 25.8 Å². The van der Waals surface area contributed by atoms with Crippen LogP contribution in [0, 0.1) is 11.7 Å². The number of ketones is 1. The SMILES string of the molecule is CC(C)CC(=O)Cc1ccccc1F. The van der Waals surface area contributed by atoms with Gasteiger partial charge in [-0.05, 0) is 17.5 Å². The molecule has 0 aliphatic carbocycles. The third kappa shape index (κ3) is 3.29. The second-order valence-electron chi connectivity index (χ2n) is 3.90. The van der Waals surface area contributed by atoms with Crippen LogP contribution in [0.5, 0.6) is 0 Å². The Kier molecular flexibility index (Phi) is 3.81. The first-order chi connectivity index (χ1) is 6.59. The van der Waals surface area contributed by atoms with Crippen molar-refractivity contribution in [2.75, 3.05) is 0 Å². The van der Waals surface area contributed by atoms with E-state index in [0.717, 1.165) is 0 Å². The molecule has 1 aromatic carbocycles. The van der Waals surface area contributed by atoms with Gasteiger partial charge in [-0.15, -0.1) is 0 Å². The Morgan fingerprint density at radius 1 is 1.36 bits per heavy atom. The monoisotopic (exact) mass is 194 g/mol. The van der Waals surface area contributed by atoms with E-state index in [-0.39, 0.29) is 18.0 Å². The predicted octanol–water partition coefficient (Wildman–Crippen LogP) is 2.98. The van der Waals surface area contributed by atoms with Crippen molar-refractivity contribution in [1.29, 1.82) is 0 Å². The van der Waals surface area contributed by atoms with E-state index in [4.69, 9.17) is 0 Å². The summed E-state index contributed by atoms with van der Waals surface area (Å²) < 4.78 is 13.1. The molecule has 0 bridgehead atoms. The molecule has 0 spiro atoms. The highest BCUT2D eigenvalue weighted by Crippen LogP contribution is 2.10. The Hall–Kier alpha value is -1.18. The molecule has 0 fully saturated rings. The van der Waals surface area contributed by atoms with Gasteiger partial charge in [-0.25, -0.2) is 4.39 Å². The Morgan fingerprint density at radius 2 is 2.00 bits per heavy atom. The second-order valence-corrected chi connectivity index (χ2v) is 3.90. The molecule has 0 amide bonds. The largest absolute Gasteiger partial charge is 0.299 e. The van der Waals surface area contributed by atoms with Crippen LogP contribution in [0.3, 0.4) is 0 Å². The molecule has 0 heterocycles. The molecular weight excluding hydrogens is 179 g/mol. The minimum atomic E-state index is -0.287. The smallest absolute Gasteiger partial charge is 0.137 e. The van der Waals surface area contributed by atoms with Crippen LogP contribution in [0.25, 0.3) is 0 Å². The molecule has 0 saturated heterocycles. The van der Waals surface area contributed by atoms with Gasteiger partial charge in [-0.2, -0.15) is 0 Å². The topological polar surface area (TPSA) is 17.1 Å². The highest BCUT2D eigenvalue weighted by Gasteiger charge is 2.08. The highest BCUT2D eigenvalue weighted by atomic mass is 19.1. The lowest BCUT2D eigenvalue weighted by Crippen LogP contribution is -2.07. The van der Waals surface area contributed by atoms with Gasteiger partial charge in [-0.3, -0.25) is 4.79 Å². The predicted molar refractivity (Wildman–Crippen MR) is 54.6 cm³/mol. The van der Waals surface area contributed by atoms with Gasteiger partial charge in [0.15, 0.2) is 0 Å². The van der Waals surface area contributed by atoms with E-state index in [0.29, 0.717) is 17.9 Å². The zero-order chi connectivity index (χ0) is 10.6. The molecule has 2 heteroatoms. The summed E-state index contributed by atoms with van der Waals surface area (Å²) in [5.41, 5.74) is 0.498. The lowest BCUT2D eigenvalue weighted by molar-refractivity contribution is -0.119. The molecule has 76 valence electrons. The van der Waals surface area contributed by atoms with Crippen molar-refractivity contribution in [3.8, 4) is 0 Å². The van der Waals surface area contributed by atoms with E-state index < -0.39 is 0 Å². The van der Waals surface area contributed by atoms with Gasteiger partial charge >= 0.3 is 0 Å². The average Bonchev–Trinajstić information content (AvgIpc) is 2.07. The van der Waals surface area contributed by atoms with Gasteiger partial charge in [0.25, 0.3) is 0 Å².